The lowest BCUT2D eigenvalue weighted by Gasteiger charge is -2.16. The van der Waals surface area contributed by atoms with Crippen LogP contribution in [0.5, 0.6) is 5.88 Å². The Morgan fingerprint density at radius 2 is 1.72 bits per heavy atom. The Morgan fingerprint density at radius 1 is 1.08 bits per heavy atom. The number of benzene rings is 1. The van der Waals surface area contributed by atoms with Gasteiger partial charge in [-0.3, -0.25) is 0 Å². The maximum absolute atomic E-state index is 12.1. The first-order valence-electron chi connectivity index (χ1n) is 7.33. The van der Waals surface area contributed by atoms with Crippen LogP contribution in [0.2, 0.25) is 5.02 Å². The summed E-state index contributed by atoms with van der Waals surface area (Å²) < 4.78 is 15.2. The third-order valence-electron chi connectivity index (χ3n) is 3.01. The molecular formula is C18H16ClNO5. The zero-order valence-electron chi connectivity index (χ0n) is 13.3. The van der Waals surface area contributed by atoms with Gasteiger partial charge in [0.1, 0.15) is 13.2 Å². The largest absolute Gasteiger partial charge is 0.458 e. The van der Waals surface area contributed by atoms with Gasteiger partial charge in [-0.05, 0) is 18.2 Å². The average Bonchev–Trinajstić information content (AvgIpc) is 2.62. The normalized spacial score (nSPS) is 10.3. The lowest BCUT2D eigenvalue weighted by molar-refractivity contribution is -0.165. The predicted molar refractivity (Wildman–Crippen MR) is 93.5 cm³/mol. The number of carbonyl (C=O) groups excluding carboxylic acids is 2. The summed E-state index contributed by atoms with van der Waals surface area (Å²) in [5.74, 6) is -1.74. The van der Waals surface area contributed by atoms with Crippen molar-refractivity contribution in [2.24, 2.45) is 0 Å². The van der Waals surface area contributed by atoms with Crippen LogP contribution in [0, 0.1) is 0 Å². The second-order valence-electron chi connectivity index (χ2n) is 4.79. The second-order valence-corrected chi connectivity index (χ2v) is 5.20. The van der Waals surface area contributed by atoms with Gasteiger partial charge in [-0.25, -0.2) is 14.6 Å². The Hall–Kier alpha value is -2.86. The highest BCUT2D eigenvalue weighted by molar-refractivity contribution is 6.35. The summed E-state index contributed by atoms with van der Waals surface area (Å²) in [6, 6.07) is 8.38. The van der Waals surface area contributed by atoms with E-state index < -0.39 is 18.0 Å². The standard InChI is InChI=1S/C18H16ClNO5/c1-3-10-23-17(21)16(18(22)24-11-4-2)25-15-9-8-12-13(19)6-5-7-14(12)20-15/h3-9,16H,1-2,10-11H2. The van der Waals surface area contributed by atoms with Crippen molar-refractivity contribution in [1.29, 1.82) is 0 Å². The van der Waals surface area contributed by atoms with Crippen LogP contribution in [-0.4, -0.2) is 36.2 Å². The molecule has 0 N–H and O–H groups in total. The Morgan fingerprint density at radius 3 is 2.32 bits per heavy atom. The van der Waals surface area contributed by atoms with E-state index >= 15 is 0 Å². The van der Waals surface area contributed by atoms with E-state index in [0.29, 0.717) is 10.5 Å². The summed E-state index contributed by atoms with van der Waals surface area (Å²) in [5, 5.41) is 1.25. The van der Waals surface area contributed by atoms with E-state index in [-0.39, 0.29) is 19.1 Å². The highest BCUT2D eigenvalue weighted by atomic mass is 35.5. The number of carbonyl (C=O) groups is 2. The molecule has 0 unspecified atom stereocenters. The molecule has 0 aliphatic carbocycles. The fourth-order valence-electron chi connectivity index (χ4n) is 1.91. The van der Waals surface area contributed by atoms with Gasteiger partial charge in [0.05, 0.1) is 5.52 Å². The minimum atomic E-state index is -1.61. The van der Waals surface area contributed by atoms with Crippen molar-refractivity contribution in [2.75, 3.05) is 13.2 Å². The lowest BCUT2D eigenvalue weighted by atomic mass is 10.2. The van der Waals surface area contributed by atoms with Crippen LogP contribution < -0.4 is 4.74 Å². The number of halogens is 1. The maximum Gasteiger partial charge on any atom is 0.359 e. The summed E-state index contributed by atoms with van der Waals surface area (Å²) in [6.07, 6.45) is 1.14. The molecule has 25 heavy (non-hydrogen) atoms. The van der Waals surface area contributed by atoms with Crippen molar-refractivity contribution in [1.82, 2.24) is 4.98 Å². The zero-order valence-corrected chi connectivity index (χ0v) is 14.1. The van der Waals surface area contributed by atoms with E-state index in [1.807, 2.05) is 0 Å². The number of rotatable bonds is 8. The predicted octanol–water partition coefficient (Wildman–Crippen LogP) is 3.09. The molecule has 6 nitrogen and oxygen atoms in total. The number of hydrogen-bond acceptors (Lipinski definition) is 6. The quantitative estimate of drug-likeness (QED) is 0.408. The number of fused-ring (bicyclic) bond motifs is 1. The number of aromatic nitrogens is 1. The van der Waals surface area contributed by atoms with Crippen molar-refractivity contribution in [3.8, 4) is 5.88 Å². The van der Waals surface area contributed by atoms with Crippen LogP contribution >= 0.6 is 11.6 Å². The van der Waals surface area contributed by atoms with Crippen LogP contribution in [0.1, 0.15) is 0 Å². The van der Waals surface area contributed by atoms with Gasteiger partial charge in [-0.15, -0.1) is 0 Å². The van der Waals surface area contributed by atoms with Gasteiger partial charge in [0.2, 0.25) is 5.88 Å². The Labute approximate surface area is 149 Å². The molecule has 2 rings (SSSR count). The third kappa shape index (κ3) is 4.81. The van der Waals surface area contributed by atoms with Crippen molar-refractivity contribution in [3.63, 3.8) is 0 Å². The molecule has 0 aliphatic heterocycles. The Bertz CT molecular complexity index is 781. The molecule has 1 aromatic carbocycles. The van der Waals surface area contributed by atoms with Gasteiger partial charge in [-0.2, -0.15) is 0 Å². The number of esters is 2. The van der Waals surface area contributed by atoms with Crippen molar-refractivity contribution >= 4 is 34.4 Å². The minimum Gasteiger partial charge on any atom is -0.458 e. The molecule has 1 heterocycles. The first kappa shape index (κ1) is 18.5. The topological polar surface area (TPSA) is 74.7 Å². The van der Waals surface area contributed by atoms with Crippen LogP contribution in [0.3, 0.4) is 0 Å². The molecule has 1 aromatic heterocycles. The molecule has 0 saturated carbocycles. The van der Waals surface area contributed by atoms with Crippen LogP contribution in [0.15, 0.2) is 55.6 Å². The molecule has 0 spiro atoms. The molecule has 0 saturated heterocycles. The molecule has 0 aliphatic rings. The molecular weight excluding hydrogens is 346 g/mol. The Balaban J connectivity index is 2.25. The summed E-state index contributed by atoms with van der Waals surface area (Å²) in [4.78, 5) is 28.4. The first-order valence-corrected chi connectivity index (χ1v) is 7.71. The molecule has 0 fully saturated rings. The average molecular weight is 362 g/mol. The van der Waals surface area contributed by atoms with Crippen molar-refractivity contribution < 1.29 is 23.8 Å². The van der Waals surface area contributed by atoms with Crippen molar-refractivity contribution in [3.05, 3.63) is 60.7 Å². The number of pyridine rings is 1. The molecule has 0 radical (unpaired) electrons. The number of hydrogen-bond donors (Lipinski definition) is 0. The Kier molecular flexibility index (Phi) is 6.54. The van der Waals surface area contributed by atoms with E-state index in [4.69, 9.17) is 25.8 Å². The summed E-state index contributed by atoms with van der Waals surface area (Å²) in [5.41, 5.74) is 0.558. The molecule has 7 heteroatoms. The van der Waals surface area contributed by atoms with E-state index in [1.165, 1.54) is 18.2 Å². The highest BCUT2D eigenvalue weighted by Gasteiger charge is 2.32. The fourth-order valence-corrected chi connectivity index (χ4v) is 2.14. The highest BCUT2D eigenvalue weighted by Crippen LogP contribution is 2.24. The van der Waals surface area contributed by atoms with E-state index in [1.54, 1.807) is 24.3 Å². The smallest absolute Gasteiger partial charge is 0.359 e. The molecule has 0 atom stereocenters. The zero-order chi connectivity index (χ0) is 18.2. The number of nitrogens with zero attached hydrogens (tertiary/aromatic N) is 1. The van der Waals surface area contributed by atoms with Gasteiger partial charge in [0.25, 0.3) is 6.10 Å². The van der Waals surface area contributed by atoms with Crippen molar-refractivity contribution in [2.45, 2.75) is 6.10 Å². The SMILES string of the molecule is C=CCOC(=O)C(Oc1ccc2c(Cl)cccc2n1)C(=O)OCC=C. The van der Waals surface area contributed by atoms with Gasteiger partial charge in [0.15, 0.2) is 0 Å². The second kappa shape index (κ2) is 8.84. The fraction of sp³-hybridized carbons (Fsp3) is 0.167. The molecule has 0 bridgehead atoms. The lowest BCUT2D eigenvalue weighted by Crippen LogP contribution is -2.39. The third-order valence-corrected chi connectivity index (χ3v) is 3.34. The molecule has 130 valence electrons. The van der Waals surface area contributed by atoms with E-state index in [9.17, 15) is 9.59 Å². The van der Waals surface area contributed by atoms with E-state index in [2.05, 4.69) is 18.1 Å². The summed E-state index contributed by atoms with van der Waals surface area (Å²) >= 11 is 6.08. The van der Waals surface area contributed by atoms with Crippen LogP contribution in [-0.2, 0) is 19.1 Å². The van der Waals surface area contributed by atoms with Crippen LogP contribution in [0.4, 0.5) is 0 Å². The van der Waals surface area contributed by atoms with Gasteiger partial charge in [-0.1, -0.05) is 43.0 Å². The minimum absolute atomic E-state index is 0.0610. The summed E-state index contributed by atoms with van der Waals surface area (Å²) in [6.45, 7) is 6.76. The maximum atomic E-state index is 12.1. The molecule has 2 aromatic rings. The van der Waals surface area contributed by atoms with Crippen LogP contribution in [0.25, 0.3) is 10.9 Å². The first-order chi connectivity index (χ1) is 12.1. The molecule has 0 amide bonds. The monoisotopic (exact) mass is 361 g/mol. The number of ether oxygens (including phenoxy) is 3. The van der Waals surface area contributed by atoms with E-state index in [0.717, 1.165) is 5.39 Å². The summed E-state index contributed by atoms with van der Waals surface area (Å²) in [7, 11) is 0. The van der Waals surface area contributed by atoms with Gasteiger partial charge >= 0.3 is 11.9 Å². The van der Waals surface area contributed by atoms with Gasteiger partial charge in [0, 0.05) is 16.5 Å². The van der Waals surface area contributed by atoms with Gasteiger partial charge < -0.3 is 14.2 Å².